The normalized spacial score (nSPS) is 16.9. The lowest BCUT2D eigenvalue weighted by Gasteiger charge is -2.23. The Morgan fingerprint density at radius 2 is 2.04 bits per heavy atom. The van der Waals surface area contributed by atoms with Crippen LogP contribution in [-0.4, -0.2) is 27.7 Å². The molecule has 4 rings (SSSR count). The minimum atomic E-state index is -0.636. The smallest absolute Gasteiger partial charge is 0.414 e. The zero-order valence-corrected chi connectivity index (χ0v) is 16.6. The summed E-state index contributed by atoms with van der Waals surface area (Å²) in [4.78, 5) is 26.6. The number of aryl methyl sites for hydroxylation is 1. The molecular weight excluding hydrogens is 364 g/mol. The maximum Gasteiger partial charge on any atom is 0.414 e. The molecule has 0 aromatic carbocycles. The van der Waals surface area contributed by atoms with Crippen LogP contribution < -0.4 is 14.8 Å². The van der Waals surface area contributed by atoms with E-state index in [2.05, 4.69) is 20.3 Å². The average molecular weight is 388 g/mol. The standard InChI is InChI=1S/C19H24N4O3S/c1-11-8-21-17(27-11)19(2,3)23-18(24)26-14-9-20-15(13-6-7-13)16(22-14)25-10-12-4-5-12/h8-9,12-13H,4-7,10H2,1-3H3,(H,23,24). The molecule has 2 aliphatic rings. The molecule has 2 aliphatic carbocycles. The maximum absolute atomic E-state index is 12.4. The molecule has 2 heterocycles. The van der Waals surface area contributed by atoms with Crippen molar-refractivity contribution in [3.8, 4) is 11.8 Å². The molecule has 1 N–H and O–H groups in total. The number of hydrogen-bond donors (Lipinski definition) is 1. The zero-order valence-electron chi connectivity index (χ0n) is 15.8. The molecule has 7 nitrogen and oxygen atoms in total. The Bertz CT molecular complexity index is 843. The second-order valence-electron chi connectivity index (χ2n) is 7.84. The summed E-state index contributed by atoms with van der Waals surface area (Å²) in [5, 5.41) is 3.66. The monoisotopic (exact) mass is 388 g/mol. The van der Waals surface area contributed by atoms with E-state index in [4.69, 9.17) is 9.47 Å². The molecule has 0 spiro atoms. The molecule has 1 amide bonds. The van der Waals surface area contributed by atoms with E-state index in [-0.39, 0.29) is 5.88 Å². The van der Waals surface area contributed by atoms with Gasteiger partial charge in [-0.2, -0.15) is 4.98 Å². The number of aromatic nitrogens is 3. The Morgan fingerprint density at radius 1 is 1.26 bits per heavy atom. The molecule has 0 aliphatic heterocycles. The molecule has 2 fully saturated rings. The first kappa shape index (κ1) is 18.2. The minimum Gasteiger partial charge on any atom is -0.476 e. The van der Waals surface area contributed by atoms with Gasteiger partial charge in [-0.1, -0.05) is 0 Å². The summed E-state index contributed by atoms with van der Waals surface area (Å²) in [6.45, 7) is 6.41. The third-order valence-electron chi connectivity index (χ3n) is 4.63. The van der Waals surface area contributed by atoms with Crippen molar-refractivity contribution in [3.63, 3.8) is 0 Å². The van der Waals surface area contributed by atoms with Gasteiger partial charge in [0.2, 0.25) is 11.8 Å². The molecule has 0 saturated heterocycles. The molecule has 27 heavy (non-hydrogen) atoms. The van der Waals surface area contributed by atoms with Crippen LogP contribution in [0.25, 0.3) is 0 Å². The van der Waals surface area contributed by atoms with Crippen LogP contribution in [0.1, 0.15) is 61.0 Å². The number of hydrogen-bond acceptors (Lipinski definition) is 7. The predicted octanol–water partition coefficient (Wildman–Crippen LogP) is 3.93. The van der Waals surface area contributed by atoms with Gasteiger partial charge in [-0.3, -0.25) is 0 Å². The summed E-state index contributed by atoms with van der Waals surface area (Å²) in [5.41, 5.74) is 0.241. The Kier molecular flexibility index (Phi) is 4.75. The van der Waals surface area contributed by atoms with Crippen LogP contribution in [0.15, 0.2) is 12.4 Å². The highest BCUT2D eigenvalue weighted by atomic mass is 32.1. The number of carbonyl (C=O) groups excluding carboxylic acids is 1. The Labute approximate surface area is 162 Å². The van der Waals surface area contributed by atoms with Crippen LogP contribution in [0, 0.1) is 12.8 Å². The topological polar surface area (TPSA) is 86.2 Å². The van der Waals surface area contributed by atoms with E-state index < -0.39 is 11.6 Å². The fourth-order valence-corrected chi connectivity index (χ4v) is 3.53. The van der Waals surface area contributed by atoms with Gasteiger partial charge in [0.25, 0.3) is 0 Å². The first-order valence-electron chi connectivity index (χ1n) is 9.33. The van der Waals surface area contributed by atoms with Crippen LogP contribution in [0.4, 0.5) is 4.79 Å². The second-order valence-corrected chi connectivity index (χ2v) is 9.08. The molecule has 2 saturated carbocycles. The summed E-state index contributed by atoms with van der Waals surface area (Å²) >= 11 is 1.54. The molecule has 0 radical (unpaired) electrons. The van der Waals surface area contributed by atoms with Crippen molar-refractivity contribution in [2.24, 2.45) is 5.92 Å². The van der Waals surface area contributed by atoms with Crippen LogP contribution in [0.2, 0.25) is 0 Å². The predicted molar refractivity (Wildman–Crippen MR) is 101 cm³/mol. The SMILES string of the molecule is Cc1cnc(C(C)(C)NC(=O)Oc2cnc(C3CC3)c(OCC3CC3)n2)s1. The molecule has 8 heteroatoms. The number of ether oxygens (including phenoxy) is 2. The third kappa shape index (κ3) is 4.55. The lowest BCUT2D eigenvalue weighted by molar-refractivity contribution is 0.185. The average Bonchev–Trinajstić information content (AvgIpc) is 3.52. The molecule has 2 aromatic heterocycles. The van der Waals surface area contributed by atoms with Gasteiger partial charge in [0, 0.05) is 17.0 Å². The van der Waals surface area contributed by atoms with Crippen molar-refractivity contribution in [1.82, 2.24) is 20.3 Å². The highest BCUT2D eigenvalue weighted by Crippen LogP contribution is 2.43. The molecular formula is C19H24N4O3S. The van der Waals surface area contributed by atoms with Crippen LogP contribution in [0.3, 0.4) is 0 Å². The van der Waals surface area contributed by atoms with E-state index in [1.54, 1.807) is 17.5 Å². The maximum atomic E-state index is 12.4. The van der Waals surface area contributed by atoms with E-state index in [1.165, 1.54) is 19.0 Å². The Hall–Kier alpha value is -2.22. The summed E-state index contributed by atoms with van der Waals surface area (Å²) in [7, 11) is 0. The highest BCUT2D eigenvalue weighted by molar-refractivity contribution is 7.11. The van der Waals surface area contributed by atoms with E-state index in [0.717, 1.165) is 28.4 Å². The largest absolute Gasteiger partial charge is 0.476 e. The van der Waals surface area contributed by atoms with Crippen LogP contribution >= 0.6 is 11.3 Å². The lowest BCUT2D eigenvalue weighted by Crippen LogP contribution is -2.42. The third-order valence-corrected chi connectivity index (χ3v) is 5.87. The van der Waals surface area contributed by atoms with Gasteiger partial charge in [-0.05, 0) is 52.4 Å². The van der Waals surface area contributed by atoms with Gasteiger partial charge in [-0.15, -0.1) is 11.3 Å². The van der Waals surface area contributed by atoms with Crippen LogP contribution in [0.5, 0.6) is 11.8 Å². The molecule has 0 bridgehead atoms. The molecule has 2 aromatic rings. The van der Waals surface area contributed by atoms with Gasteiger partial charge in [0.1, 0.15) is 10.7 Å². The van der Waals surface area contributed by atoms with E-state index in [9.17, 15) is 4.79 Å². The first-order valence-corrected chi connectivity index (χ1v) is 10.1. The number of rotatable bonds is 7. The lowest BCUT2D eigenvalue weighted by atomic mass is 10.1. The summed E-state index contributed by atoms with van der Waals surface area (Å²) in [5.74, 6) is 1.69. The number of nitrogens with zero attached hydrogens (tertiary/aromatic N) is 3. The van der Waals surface area contributed by atoms with Crippen molar-refractivity contribution in [2.45, 2.75) is 57.9 Å². The molecule has 144 valence electrons. The van der Waals surface area contributed by atoms with Gasteiger partial charge in [0.05, 0.1) is 18.3 Å². The fourth-order valence-electron chi connectivity index (χ4n) is 2.71. The van der Waals surface area contributed by atoms with E-state index in [0.29, 0.717) is 24.3 Å². The summed E-state index contributed by atoms with van der Waals surface area (Å²) < 4.78 is 11.2. The molecule has 0 atom stereocenters. The van der Waals surface area contributed by atoms with Gasteiger partial charge < -0.3 is 14.8 Å². The first-order chi connectivity index (χ1) is 12.9. The molecule has 0 unspecified atom stereocenters. The van der Waals surface area contributed by atoms with Crippen molar-refractivity contribution in [2.75, 3.05) is 6.61 Å². The van der Waals surface area contributed by atoms with Gasteiger partial charge in [-0.25, -0.2) is 14.8 Å². The number of carbonyl (C=O) groups is 1. The summed E-state index contributed by atoms with van der Waals surface area (Å²) in [6, 6.07) is 0. The number of amides is 1. The van der Waals surface area contributed by atoms with E-state index >= 15 is 0 Å². The highest BCUT2D eigenvalue weighted by Gasteiger charge is 2.32. The Balaban J connectivity index is 1.43. The van der Waals surface area contributed by atoms with Crippen molar-refractivity contribution >= 4 is 17.4 Å². The van der Waals surface area contributed by atoms with E-state index in [1.807, 2.05) is 20.8 Å². The minimum absolute atomic E-state index is 0.147. The second kappa shape index (κ2) is 7.07. The summed E-state index contributed by atoms with van der Waals surface area (Å²) in [6.07, 6.45) is 7.33. The van der Waals surface area contributed by atoms with Gasteiger partial charge in [0.15, 0.2) is 0 Å². The number of thiazole rings is 1. The van der Waals surface area contributed by atoms with Crippen molar-refractivity contribution in [3.05, 3.63) is 28.0 Å². The fraction of sp³-hybridized carbons (Fsp3) is 0.579. The Morgan fingerprint density at radius 3 is 2.67 bits per heavy atom. The quantitative estimate of drug-likeness (QED) is 0.773. The van der Waals surface area contributed by atoms with Gasteiger partial charge >= 0.3 is 6.09 Å². The number of nitrogens with one attached hydrogen (secondary N) is 1. The zero-order chi connectivity index (χ0) is 19.0. The van der Waals surface area contributed by atoms with Crippen molar-refractivity contribution in [1.29, 1.82) is 0 Å². The van der Waals surface area contributed by atoms with Crippen LogP contribution in [-0.2, 0) is 5.54 Å². The van der Waals surface area contributed by atoms with Crippen molar-refractivity contribution < 1.29 is 14.3 Å².